The topological polar surface area (TPSA) is 75.4 Å². The second-order valence-electron chi connectivity index (χ2n) is 4.76. The van der Waals surface area contributed by atoms with Crippen molar-refractivity contribution < 1.29 is 9.90 Å². The molecule has 0 aliphatic rings. The molecule has 6 nitrogen and oxygen atoms in total. The third-order valence-electron chi connectivity index (χ3n) is 3.06. The van der Waals surface area contributed by atoms with E-state index >= 15 is 0 Å². The maximum Gasteiger partial charge on any atom is 0.323 e. The van der Waals surface area contributed by atoms with E-state index in [0.717, 1.165) is 10.1 Å². The van der Waals surface area contributed by atoms with Crippen LogP contribution in [0.4, 0.5) is 5.82 Å². The fraction of sp³-hybridized carbons (Fsp3) is 0.188. The average molecular weight is 299 g/mol. The minimum atomic E-state index is -1.08. The van der Waals surface area contributed by atoms with Gasteiger partial charge < -0.3 is 10.0 Å². The van der Waals surface area contributed by atoms with Gasteiger partial charge in [0, 0.05) is 19.2 Å². The monoisotopic (exact) mass is 299 g/mol. The van der Waals surface area contributed by atoms with Gasteiger partial charge in [0.2, 0.25) is 0 Å². The lowest BCUT2D eigenvalue weighted by atomic mass is 10.2. The number of hydrogen-bond acceptors (Lipinski definition) is 4. The van der Waals surface area contributed by atoms with Gasteiger partial charge in [-0.3, -0.25) is 14.2 Å². The molecule has 2 rings (SSSR count). The molecule has 0 atom stereocenters. The molecule has 1 heterocycles. The summed E-state index contributed by atoms with van der Waals surface area (Å²) in [6.45, 7) is 4.44. The van der Waals surface area contributed by atoms with Crippen LogP contribution in [0.5, 0.6) is 0 Å². The maximum absolute atomic E-state index is 11.9. The molecule has 6 heteroatoms. The Morgan fingerprint density at radius 3 is 2.68 bits per heavy atom. The summed E-state index contributed by atoms with van der Waals surface area (Å²) in [5, 5.41) is 8.74. The highest BCUT2D eigenvalue weighted by Crippen LogP contribution is 2.12. The Bertz CT molecular complexity index is 710. The van der Waals surface area contributed by atoms with Crippen LogP contribution in [0.25, 0.3) is 0 Å². The molecule has 0 spiro atoms. The molecular formula is C16H17N3O3. The van der Waals surface area contributed by atoms with Crippen LogP contribution < -0.4 is 10.5 Å². The van der Waals surface area contributed by atoms with Crippen molar-refractivity contribution in [3.05, 3.63) is 71.3 Å². The summed E-state index contributed by atoms with van der Waals surface area (Å²) in [6, 6.07) is 11.1. The van der Waals surface area contributed by atoms with Gasteiger partial charge in [-0.25, -0.2) is 4.98 Å². The van der Waals surface area contributed by atoms with Crippen molar-refractivity contribution in [2.75, 3.05) is 11.4 Å². The molecule has 1 aromatic carbocycles. The highest BCUT2D eigenvalue weighted by Gasteiger charge is 2.10. The Labute approximate surface area is 128 Å². The Morgan fingerprint density at radius 2 is 2.09 bits per heavy atom. The highest BCUT2D eigenvalue weighted by atomic mass is 16.4. The minimum absolute atomic E-state index is 0.394. The van der Waals surface area contributed by atoms with Crippen molar-refractivity contribution in [1.29, 1.82) is 0 Å². The highest BCUT2D eigenvalue weighted by molar-refractivity contribution is 5.66. The number of nitrogens with zero attached hydrogens (tertiary/aromatic N) is 3. The summed E-state index contributed by atoms with van der Waals surface area (Å²) in [6.07, 6.45) is 2.99. The molecule has 0 saturated heterocycles. The largest absolute Gasteiger partial charge is 0.480 e. The number of benzene rings is 1. The summed E-state index contributed by atoms with van der Waals surface area (Å²) < 4.78 is 1.06. The predicted octanol–water partition coefficient (Wildman–Crippen LogP) is 1.52. The van der Waals surface area contributed by atoms with Gasteiger partial charge in [0.15, 0.2) is 0 Å². The van der Waals surface area contributed by atoms with Gasteiger partial charge in [-0.05, 0) is 5.56 Å². The summed E-state index contributed by atoms with van der Waals surface area (Å²) in [5.41, 5.74) is 0.690. The lowest BCUT2D eigenvalue weighted by Crippen LogP contribution is -2.29. The summed E-state index contributed by atoms with van der Waals surface area (Å²) in [4.78, 5) is 28.7. The first kappa shape index (κ1) is 15.5. The van der Waals surface area contributed by atoms with E-state index in [9.17, 15) is 9.59 Å². The smallest absolute Gasteiger partial charge is 0.323 e. The van der Waals surface area contributed by atoms with Crippen molar-refractivity contribution in [2.45, 2.75) is 13.1 Å². The quantitative estimate of drug-likeness (QED) is 0.785. The van der Waals surface area contributed by atoms with Crippen molar-refractivity contribution in [1.82, 2.24) is 9.55 Å². The van der Waals surface area contributed by atoms with Crippen LogP contribution in [0, 0.1) is 0 Å². The standard InChI is InChI=1S/C16H17N3O3/c1-2-8-18(10-13-6-4-3-5-7-13)14-9-15(20)19(12-17-14)11-16(21)22/h2-7,9,12H,1,8,10-11H2,(H,21,22). The second-order valence-corrected chi connectivity index (χ2v) is 4.76. The van der Waals surface area contributed by atoms with Crippen molar-refractivity contribution in [2.24, 2.45) is 0 Å². The SMILES string of the molecule is C=CCN(Cc1ccccc1)c1cc(=O)n(CC(=O)O)cn1. The zero-order valence-electron chi connectivity index (χ0n) is 12.1. The Balaban J connectivity index is 2.25. The van der Waals surface area contributed by atoms with Crippen molar-refractivity contribution in [3.8, 4) is 0 Å². The molecule has 0 fully saturated rings. The van der Waals surface area contributed by atoms with Crippen molar-refractivity contribution >= 4 is 11.8 Å². The molecule has 1 aromatic heterocycles. The molecular weight excluding hydrogens is 282 g/mol. The Morgan fingerprint density at radius 1 is 1.36 bits per heavy atom. The van der Waals surface area contributed by atoms with E-state index < -0.39 is 18.1 Å². The van der Waals surface area contributed by atoms with Gasteiger partial charge in [-0.2, -0.15) is 0 Å². The number of aromatic nitrogens is 2. The number of carboxylic acids is 1. The van der Waals surface area contributed by atoms with Crippen LogP contribution in [-0.4, -0.2) is 27.2 Å². The molecule has 0 unspecified atom stereocenters. The molecule has 0 radical (unpaired) electrons. The van der Waals surface area contributed by atoms with Crippen LogP contribution in [0.1, 0.15) is 5.56 Å². The van der Waals surface area contributed by atoms with Crippen molar-refractivity contribution in [3.63, 3.8) is 0 Å². The van der Waals surface area contributed by atoms with Crippen LogP contribution in [0.15, 0.2) is 60.2 Å². The lowest BCUT2D eigenvalue weighted by Gasteiger charge is -2.22. The lowest BCUT2D eigenvalue weighted by molar-refractivity contribution is -0.137. The molecule has 0 saturated carbocycles. The number of carboxylic acid groups (broad SMARTS) is 1. The molecule has 22 heavy (non-hydrogen) atoms. The van der Waals surface area contributed by atoms with E-state index in [0.29, 0.717) is 18.9 Å². The fourth-order valence-corrected chi connectivity index (χ4v) is 2.05. The molecule has 0 aliphatic heterocycles. The van der Waals surface area contributed by atoms with E-state index in [1.54, 1.807) is 6.08 Å². The number of rotatable bonds is 7. The van der Waals surface area contributed by atoms with Crippen LogP contribution in [-0.2, 0) is 17.9 Å². The molecule has 0 aliphatic carbocycles. The maximum atomic E-state index is 11.9. The Hall–Kier alpha value is -2.89. The van der Waals surface area contributed by atoms with Gasteiger partial charge >= 0.3 is 5.97 Å². The summed E-state index contributed by atoms with van der Waals surface area (Å²) in [7, 11) is 0. The third-order valence-corrected chi connectivity index (χ3v) is 3.06. The number of aliphatic carboxylic acids is 1. The van der Waals surface area contributed by atoms with E-state index in [4.69, 9.17) is 5.11 Å². The van der Waals surface area contributed by atoms with E-state index in [-0.39, 0.29) is 0 Å². The fourth-order valence-electron chi connectivity index (χ4n) is 2.05. The first-order valence-corrected chi connectivity index (χ1v) is 6.78. The molecule has 0 amide bonds. The van der Waals surface area contributed by atoms with Crippen LogP contribution in [0.2, 0.25) is 0 Å². The summed E-state index contributed by atoms with van der Waals surface area (Å²) >= 11 is 0. The van der Waals surface area contributed by atoms with Gasteiger partial charge in [0.25, 0.3) is 5.56 Å². The number of carbonyl (C=O) groups is 1. The third kappa shape index (κ3) is 4.05. The van der Waals surface area contributed by atoms with E-state index in [2.05, 4.69) is 11.6 Å². The van der Waals surface area contributed by atoms with E-state index in [1.165, 1.54) is 12.4 Å². The zero-order chi connectivity index (χ0) is 15.9. The molecule has 0 bridgehead atoms. The van der Waals surface area contributed by atoms with Gasteiger partial charge in [-0.15, -0.1) is 6.58 Å². The minimum Gasteiger partial charge on any atom is -0.480 e. The second kappa shape index (κ2) is 7.21. The molecule has 1 N–H and O–H groups in total. The summed E-state index contributed by atoms with van der Waals surface area (Å²) in [5.74, 6) is -0.584. The van der Waals surface area contributed by atoms with Crippen LogP contribution in [0.3, 0.4) is 0 Å². The van der Waals surface area contributed by atoms with Gasteiger partial charge in [-0.1, -0.05) is 36.4 Å². The first-order chi connectivity index (χ1) is 10.6. The van der Waals surface area contributed by atoms with Gasteiger partial charge in [0.05, 0.1) is 0 Å². The van der Waals surface area contributed by atoms with E-state index in [1.807, 2.05) is 35.2 Å². The zero-order valence-corrected chi connectivity index (χ0v) is 12.1. The molecule has 2 aromatic rings. The predicted molar refractivity (Wildman–Crippen MR) is 83.8 cm³/mol. The average Bonchev–Trinajstić information content (AvgIpc) is 2.49. The van der Waals surface area contributed by atoms with Gasteiger partial charge in [0.1, 0.15) is 18.7 Å². The molecule has 114 valence electrons. The number of anilines is 1. The Kier molecular flexibility index (Phi) is 5.08. The normalized spacial score (nSPS) is 10.2. The first-order valence-electron chi connectivity index (χ1n) is 6.78. The number of hydrogen-bond donors (Lipinski definition) is 1. The van der Waals surface area contributed by atoms with Crippen LogP contribution >= 0.6 is 0 Å².